The van der Waals surface area contributed by atoms with Crippen molar-refractivity contribution >= 4 is 17.1 Å². The second-order valence-electron chi connectivity index (χ2n) is 4.43. The lowest BCUT2D eigenvalue weighted by molar-refractivity contribution is 0.0492. The van der Waals surface area contributed by atoms with Crippen LogP contribution in [-0.4, -0.2) is 17.6 Å². The molecular formula is C14H21NO3. The molecule has 4 heteroatoms. The first-order valence-electron chi connectivity index (χ1n) is 6.54. The number of esters is 1. The van der Waals surface area contributed by atoms with Crippen molar-refractivity contribution in [2.45, 2.75) is 39.0 Å². The highest BCUT2D eigenvalue weighted by atomic mass is 16.5. The van der Waals surface area contributed by atoms with E-state index in [1.54, 1.807) is 18.4 Å². The molecule has 0 aliphatic carbocycles. The van der Waals surface area contributed by atoms with Crippen LogP contribution in [0.25, 0.3) is 11.1 Å². The Labute approximate surface area is 108 Å². The number of nitrogens with one attached hydrogen (secondary N) is 1. The smallest absolute Gasteiger partial charge is 0.354 e. The van der Waals surface area contributed by atoms with E-state index in [4.69, 9.17) is 9.15 Å². The number of aromatic nitrogens is 1. The van der Waals surface area contributed by atoms with Gasteiger partial charge < -0.3 is 14.1 Å². The van der Waals surface area contributed by atoms with Gasteiger partial charge >= 0.3 is 5.97 Å². The third-order valence-electron chi connectivity index (χ3n) is 2.94. The highest BCUT2D eigenvalue weighted by Gasteiger charge is 2.11. The Hall–Kier alpha value is -1.71. The summed E-state index contributed by atoms with van der Waals surface area (Å²) in [6.45, 7) is 2.67. The van der Waals surface area contributed by atoms with Crippen molar-refractivity contribution in [3.63, 3.8) is 0 Å². The van der Waals surface area contributed by atoms with Crippen molar-refractivity contribution in [3.8, 4) is 0 Å². The largest absolute Gasteiger partial charge is 0.463 e. The maximum atomic E-state index is 11.7. The van der Waals surface area contributed by atoms with E-state index < -0.39 is 0 Å². The number of fused-ring (bicyclic) bond motifs is 1. The predicted molar refractivity (Wildman–Crippen MR) is 71.7 cm³/mol. The molecular weight excluding hydrogens is 230 g/mol. The fourth-order valence-electron chi connectivity index (χ4n) is 1.91. The fourth-order valence-corrected chi connectivity index (χ4v) is 1.91. The Balaban J connectivity index is 0.00000180. The Morgan fingerprint density at radius 1 is 1.39 bits per heavy atom. The number of furan rings is 1. The number of unbranched alkanes of at least 4 members (excludes halogenated alkanes) is 4. The minimum atomic E-state index is -0.308. The van der Waals surface area contributed by atoms with Gasteiger partial charge in [0, 0.05) is 13.6 Å². The number of hydrogen-bond donors (Lipinski definition) is 1. The van der Waals surface area contributed by atoms with Crippen molar-refractivity contribution < 1.29 is 15.4 Å². The van der Waals surface area contributed by atoms with Gasteiger partial charge in [-0.3, -0.25) is 0 Å². The van der Waals surface area contributed by atoms with Gasteiger partial charge in [0.25, 0.3) is 0 Å². The van der Waals surface area contributed by atoms with Gasteiger partial charge in [-0.1, -0.05) is 32.6 Å². The van der Waals surface area contributed by atoms with Crippen LogP contribution < -0.4 is 0 Å². The molecule has 1 N–H and O–H groups in total. The molecule has 0 bridgehead atoms. The van der Waals surface area contributed by atoms with E-state index in [2.05, 4.69) is 11.9 Å². The second-order valence-corrected chi connectivity index (χ2v) is 4.43. The minimum absolute atomic E-state index is 0. The summed E-state index contributed by atoms with van der Waals surface area (Å²) < 4.78 is 10.4. The molecule has 0 spiro atoms. The maximum absolute atomic E-state index is 11.7. The molecule has 2 aromatic heterocycles. The van der Waals surface area contributed by atoms with Crippen molar-refractivity contribution in [1.82, 2.24) is 4.98 Å². The van der Waals surface area contributed by atoms with E-state index in [9.17, 15) is 4.79 Å². The molecule has 0 fully saturated rings. The van der Waals surface area contributed by atoms with E-state index in [1.165, 1.54) is 19.3 Å². The van der Waals surface area contributed by atoms with Gasteiger partial charge in [0.1, 0.15) is 5.69 Å². The summed E-state index contributed by atoms with van der Waals surface area (Å²) >= 11 is 0. The van der Waals surface area contributed by atoms with Crippen molar-refractivity contribution in [1.29, 1.82) is 0 Å². The number of aromatic amines is 1. The summed E-state index contributed by atoms with van der Waals surface area (Å²) in [5.74, 6) is -0.308. The molecule has 2 aromatic rings. The van der Waals surface area contributed by atoms with Crippen LogP contribution in [0.5, 0.6) is 0 Å². The zero-order valence-corrected chi connectivity index (χ0v) is 10.7. The minimum Gasteiger partial charge on any atom is -0.463 e. The molecule has 0 aromatic carbocycles. The SMILES string of the molecule is CCCCCCCOC(=O)c1cc2occc2[nH]1.[HH]. The summed E-state index contributed by atoms with van der Waals surface area (Å²) in [7, 11) is 0. The van der Waals surface area contributed by atoms with E-state index in [-0.39, 0.29) is 7.40 Å². The molecule has 0 aliphatic rings. The van der Waals surface area contributed by atoms with Crippen LogP contribution in [0.2, 0.25) is 0 Å². The number of carbonyl (C=O) groups is 1. The third-order valence-corrected chi connectivity index (χ3v) is 2.94. The highest BCUT2D eigenvalue weighted by Crippen LogP contribution is 2.16. The zero-order valence-electron chi connectivity index (χ0n) is 10.7. The average Bonchev–Trinajstić information content (AvgIpc) is 2.93. The standard InChI is InChI=1S/C14H19NO3.H2/c1-2-3-4-5-6-8-18-14(16)12-10-13-11(15-12)7-9-17-13;/h7,9-10,15H,2-6,8H2,1H3;1H. The number of carbonyl (C=O) groups excluding carboxylic acids is 1. The van der Waals surface area contributed by atoms with Gasteiger partial charge in [-0.2, -0.15) is 0 Å². The summed E-state index contributed by atoms with van der Waals surface area (Å²) in [6, 6.07) is 3.46. The van der Waals surface area contributed by atoms with Crippen molar-refractivity contribution in [2.75, 3.05) is 6.61 Å². The Morgan fingerprint density at radius 2 is 2.22 bits per heavy atom. The first-order chi connectivity index (χ1) is 8.81. The lowest BCUT2D eigenvalue weighted by Crippen LogP contribution is -2.06. The first kappa shape index (κ1) is 12.7. The second kappa shape index (κ2) is 6.28. The molecule has 0 saturated heterocycles. The molecule has 0 atom stereocenters. The average molecular weight is 251 g/mol. The molecule has 2 heterocycles. The summed E-state index contributed by atoms with van der Waals surface area (Å²) in [4.78, 5) is 14.7. The lowest BCUT2D eigenvalue weighted by Gasteiger charge is -2.02. The predicted octanol–water partition coefficient (Wildman–Crippen LogP) is 4.13. The number of rotatable bonds is 7. The summed E-state index contributed by atoms with van der Waals surface area (Å²) in [6.07, 6.45) is 7.33. The van der Waals surface area contributed by atoms with E-state index in [0.717, 1.165) is 18.4 Å². The van der Waals surface area contributed by atoms with E-state index >= 15 is 0 Å². The fraction of sp³-hybridized carbons (Fsp3) is 0.500. The Morgan fingerprint density at radius 3 is 3.00 bits per heavy atom. The molecule has 18 heavy (non-hydrogen) atoms. The molecule has 0 amide bonds. The molecule has 0 radical (unpaired) electrons. The molecule has 100 valence electrons. The molecule has 2 rings (SSSR count). The molecule has 4 nitrogen and oxygen atoms in total. The topological polar surface area (TPSA) is 55.2 Å². The molecule has 0 aliphatic heterocycles. The quantitative estimate of drug-likeness (QED) is 0.594. The summed E-state index contributed by atoms with van der Waals surface area (Å²) in [5.41, 5.74) is 1.97. The zero-order chi connectivity index (χ0) is 12.8. The van der Waals surface area contributed by atoms with Crippen molar-refractivity contribution in [3.05, 3.63) is 24.1 Å². The third kappa shape index (κ3) is 3.15. The van der Waals surface area contributed by atoms with Crippen LogP contribution in [-0.2, 0) is 4.74 Å². The number of hydrogen-bond acceptors (Lipinski definition) is 3. The Bertz CT molecular complexity index is 475. The normalized spacial score (nSPS) is 10.9. The monoisotopic (exact) mass is 251 g/mol. The van der Waals surface area contributed by atoms with Crippen LogP contribution in [0.15, 0.2) is 22.8 Å². The first-order valence-corrected chi connectivity index (χ1v) is 6.54. The lowest BCUT2D eigenvalue weighted by atomic mass is 10.2. The molecule has 0 unspecified atom stereocenters. The van der Waals surface area contributed by atoms with Gasteiger partial charge in [-0.25, -0.2) is 4.79 Å². The van der Waals surface area contributed by atoms with Crippen LogP contribution in [0.1, 0.15) is 50.9 Å². The van der Waals surface area contributed by atoms with Crippen LogP contribution in [0.3, 0.4) is 0 Å². The van der Waals surface area contributed by atoms with Crippen LogP contribution in [0.4, 0.5) is 0 Å². The van der Waals surface area contributed by atoms with Gasteiger partial charge in [-0.15, -0.1) is 0 Å². The van der Waals surface area contributed by atoms with Crippen LogP contribution >= 0.6 is 0 Å². The van der Waals surface area contributed by atoms with Crippen molar-refractivity contribution in [2.24, 2.45) is 0 Å². The molecule has 0 saturated carbocycles. The highest BCUT2D eigenvalue weighted by molar-refractivity contribution is 5.93. The maximum Gasteiger partial charge on any atom is 0.354 e. The Kier molecular flexibility index (Phi) is 4.45. The van der Waals surface area contributed by atoms with Crippen LogP contribution in [0, 0.1) is 0 Å². The van der Waals surface area contributed by atoms with Gasteiger partial charge in [0.05, 0.1) is 18.4 Å². The van der Waals surface area contributed by atoms with Gasteiger partial charge in [-0.05, 0) is 6.42 Å². The summed E-state index contributed by atoms with van der Waals surface area (Å²) in [5, 5.41) is 0. The van der Waals surface area contributed by atoms with E-state index in [0.29, 0.717) is 17.9 Å². The van der Waals surface area contributed by atoms with Gasteiger partial charge in [0.15, 0.2) is 5.58 Å². The number of ether oxygens (including phenoxy) is 1. The number of H-pyrrole nitrogens is 1. The van der Waals surface area contributed by atoms with Gasteiger partial charge in [0.2, 0.25) is 0 Å². The van der Waals surface area contributed by atoms with E-state index in [1.807, 2.05) is 0 Å².